The number of esters is 1. The van der Waals surface area contributed by atoms with Crippen molar-refractivity contribution in [1.82, 2.24) is 0 Å². The molecule has 7 atom stereocenters. The van der Waals surface area contributed by atoms with Gasteiger partial charge in [-0.05, 0) is 111 Å². The number of carbonyl (C=O) groups is 2. The number of hydrogen-bond donors (Lipinski definition) is 0. The normalized spacial score (nSPS) is 35.0. The number of anilines is 1. The second kappa shape index (κ2) is 11.7. The van der Waals surface area contributed by atoms with Crippen molar-refractivity contribution in [2.24, 2.45) is 27.8 Å². The maximum Gasteiger partial charge on any atom is 0.303 e. The minimum Gasteiger partial charge on any atom is -0.458 e. The Balaban J connectivity index is 1.47. The molecule has 3 unspecified atom stereocenters. The summed E-state index contributed by atoms with van der Waals surface area (Å²) < 4.78 is 21.3. The van der Waals surface area contributed by atoms with E-state index in [4.69, 9.17) is 4.74 Å². The number of halogens is 1. The molecule has 0 radical (unpaired) electrons. The lowest BCUT2D eigenvalue weighted by atomic mass is 9.48. The molecule has 0 amide bonds. The lowest BCUT2D eigenvalue weighted by Crippen LogP contribution is -2.52. The van der Waals surface area contributed by atoms with Crippen LogP contribution in [0.1, 0.15) is 90.0 Å². The van der Waals surface area contributed by atoms with E-state index >= 15 is 4.39 Å². The average Bonchev–Trinajstić information content (AvgIpc) is 3.32. The van der Waals surface area contributed by atoms with Crippen molar-refractivity contribution >= 4 is 17.4 Å². The van der Waals surface area contributed by atoms with E-state index in [0.717, 1.165) is 25.1 Å². The van der Waals surface area contributed by atoms with Crippen LogP contribution in [-0.4, -0.2) is 43.7 Å². The Morgan fingerprint density at radius 3 is 2.56 bits per heavy atom. The number of nitrogens with zero attached hydrogens (tertiary/aromatic N) is 2. The number of allylic oxidation sites excluding steroid dienone is 3. The highest BCUT2D eigenvalue weighted by Gasteiger charge is 2.66. The second-order valence-corrected chi connectivity index (χ2v) is 13.5. The third-order valence-electron chi connectivity index (χ3n) is 11.4. The van der Waals surface area contributed by atoms with Gasteiger partial charge in [0, 0.05) is 31.6 Å². The van der Waals surface area contributed by atoms with Crippen LogP contribution in [0.5, 0.6) is 0 Å². The van der Waals surface area contributed by atoms with Crippen LogP contribution in [0.3, 0.4) is 0 Å². The van der Waals surface area contributed by atoms with Crippen LogP contribution >= 0.6 is 0 Å². The first-order chi connectivity index (χ1) is 20.7. The molecule has 228 valence electrons. The van der Waals surface area contributed by atoms with E-state index in [9.17, 15) is 14.5 Å². The molecule has 43 heavy (non-hydrogen) atoms. The number of nitroso groups, excluding NO2 is 1. The molecule has 1 aromatic carbocycles. The first-order valence-electron chi connectivity index (χ1n) is 16.1. The van der Waals surface area contributed by atoms with Crippen molar-refractivity contribution in [2.75, 3.05) is 24.6 Å². The maximum absolute atomic E-state index is 16.1. The van der Waals surface area contributed by atoms with Gasteiger partial charge in [0.1, 0.15) is 12.2 Å². The Hall–Kier alpha value is -3.27. The topological polar surface area (TPSA) is 76.0 Å². The van der Waals surface area contributed by atoms with Crippen LogP contribution in [-0.2, 0) is 14.3 Å². The zero-order valence-corrected chi connectivity index (χ0v) is 25.7. The summed E-state index contributed by atoms with van der Waals surface area (Å²) in [6.07, 6.45) is 7.93. The summed E-state index contributed by atoms with van der Waals surface area (Å²) in [5.41, 5.74) is 3.94. The molecule has 6 rings (SSSR count). The Kier molecular flexibility index (Phi) is 8.08. The summed E-state index contributed by atoms with van der Waals surface area (Å²) in [5, 5.41) is 3.25. The zero-order valence-electron chi connectivity index (χ0n) is 25.7. The van der Waals surface area contributed by atoms with Gasteiger partial charge < -0.3 is 9.64 Å². The fraction of sp³-hybridized carbons (Fsp3) is 0.611. The Labute approximate surface area is 254 Å². The van der Waals surface area contributed by atoms with Gasteiger partial charge in [-0.25, -0.2) is 4.39 Å². The van der Waals surface area contributed by atoms with Crippen molar-refractivity contribution in [1.29, 1.82) is 0 Å². The number of hydrogen-bond acceptors (Lipinski definition) is 6. The number of benzene rings is 1. The lowest BCUT2D eigenvalue weighted by Gasteiger charge is -2.55. The molecule has 0 spiro atoms. The molecular weight excluding hydrogens is 543 g/mol. The molecule has 6 nitrogen and oxygen atoms in total. The highest BCUT2D eigenvalue weighted by Crippen LogP contribution is 2.70. The number of Topliss-reactive ketones (excluding diaryl/α,β-unsaturated/α-hetero) is 1. The molecule has 1 aromatic rings. The van der Waals surface area contributed by atoms with Crippen molar-refractivity contribution in [3.8, 4) is 11.8 Å². The molecule has 3 fully saturated rings. The van der Waals surface area contributed by atoms with Crippen LogP contribution in [0.4, 0.5) is 10.1 Å². The molecule has 1 saturated heterocycles. The Morgan fingerprint density at radius 2 is 1.88 bits per heavy atom. The molecule has 0 aromatic heterocycles. The van der Waals surface area contributed by atoms with Gasteiger partial charge in [0.15, 0.2) is 12.4 Å². The van der Waals surface area contributed by atoms with Gasteiger partial charge in [-0.15, -0.1) is 5.92 Å². The van der Waals surface area contributed by atoms with E-state index < -0.39 is 29.0 Å². The summed E-state index contributed by atoms with van der Waals surface area (Å²) >= 11 is 0. The smallest absolute Gasteiger partial charge is 0.303 e. The highest BCUT2D eigenvalue weighted by molar-refractivity contribution is 5.91. The van der Waals surface area contributed by atoms with Gasteiger partial charge in [-0.1, -0.05) is 41.8 Å². The fourth-order valence-electron chi connectivity index (χ4n) is 9.47. The van der Waals surface area contributed by atoms with Crippen LogP contribution in [0.2, 0.25) is 0 Å². The van der Waals surface area contributed by atoms with Crippen LogP contribution in [0, 0.1) is 39.4 Å². The number of ketones is 1. The third kappa shape index (κ3) is 4.95. The minimum atomic E-state index is -1.17. The Bertz CT molecular complexity index is 1410. The van der Waals surface area contributed by atoms with E-state index in [1.165, 1.54) is 43.0 Å². The van der Waals surface area contributed by atoms with Gasteiger partial charge in [0.2, 0.25) is 0 Å². The molecule has 5 aliphatic rings. The predicted molar refractivity (Wildman–Crippen MR) is 165 cm³/mol. The number of ether oxygens (including phenoxy) is 1. The number of fused-ring (bicyclic) bond motifs is 4. The molecule has 0 N–H and O–H groups in total. The van der Waals surface area contributed by atoms with Crippen molar-refractivity contribution in [2.45, 2.75) is 96.7 Å². The molecule has 1 heterocycles. The number of piperidine rings is 1. The van der Waals surface area contributed by atoms with Crippen molar-refractivity contribution in [3.63, 3.8) is 0 Å². The maximum atomic E-state index is 16.1. The SMILES string of the molecule is CC#C[C@]1(C(=O)COC(C)=O)CC[C@H]2[C@@H]3CC(F)C4=CC(N=O)CCC4=C3C(c3ccc(N4CCCCC4)cc3)C[C@@]21C. The molecule has 7 heteroatoms. The van der Waals surface area contributed by atoms with E-state index in [-0.39, 0.29) is 30.1 Å². The first kappa shape index (κ1) is 29.8. The monoisotopic (exact) mass is 586 g/mol. The molecular formula is C36H43FN2O4. The highest BCUT2D eigenvalue weighted by atomic mass is 19.1. The van der Waals surface area contributed by atoms with Crippen LogP contribution in [0.15, 0.2) is 52.2 Å². The average molecular weight is 587 g/mol. The van der Waals surface area contributed by atoms with Crippen molar-refractivity contribution in [3.05, 3.63) is 57.5 Å². The number of carbonyl (C=O) groups excluding carboxylic acids is 2. The molecule has 1 aliphatic heterocycles. The van der Waals surface area contributed by atoms with E-state index in [0.29, 0.717) is 37.7 Å². The van der Waals surface area contributed by atoms with E-state index in [1.54, 1.807) is 13.0 Å². The van der Waals surface area contributed by atoms with Gasteiger partial charge in [-0.2, -0.15) is 4.91 Å². The second-order valence-electron chi connectivity index (χ2n) is 13.5. The largest absolute Gasteiger partial charge is 0.458 e. The van der Waals surface area contributed by atoms with E-state index in [2.05, 4.69) is 53.1 Å². The summed E-state index contributed by atoms with van der Waals surface area (Å²) in [5.74, 6) is 5.81. The van der Waals surface area contributed by atoms with Crippen molar-refractivity contribution < 1.29 is 18.7 Å². The summed E-state index contributed by atoms with van der Waals surface area (Å²) in [4.78, 5) is 39.6. The van der Waals surface area contributed by atoms with Crippen LogP contribution in [0.25, 0.3) is 0 Å². The minimum absolute atomic E-state index is 0.00838. The molecule has 2 saturated carbocycles. The number of rotatable bonds is 6. The van der Waals surface area contributed by atoms with Gasteiger partial charge in [0.25, 0.3) is 0 Å². The van der Waals surface area contributed by atoms with Crippen LogP contribution < -0.4 is 4.90 Å². The summed E-state index contributed by atoms with van der Waals surface area (Å²) in [6.45, 7) is 7.11. The fourth-order valence-corrected chi connectivity index (χ4v) is 9.47. The number of alkyl halides is 1. The standard InChI is InChI=1S/C36H43FN2O4/c1-4-15-36(33(41)22-43-23(2)40)16-14-31-29-20-32(37)28-19-25(38-42)10-13-27(28)34(29)30(21-35(31,36)3)24-8-11-26(12-9-24)39-17-6-5-7-18-39/h8-9,11-12,19,25,29-32H,5-7,10,13-14,16-18,20-22H2,1-3H3/t25?,29-,30?,31-,32?,35-,36+/m0/s1. The lowest BCUT2D eigenvalue weighted by molar-refractivity contribution is -0.150. The van der Waals surface area contributed by atoms with Gasteiger partial charge in [-0.3, -0.25) is 9.59 Å². The predicted octanol–water partition coefficient (Wildman–Crippen LogP) is 7.23. The summed E-state index contributed by atoms with van der Waals surface area (Å²) in [6, 6.07) is 8.42. The van der Waals surface area contributed by atoms with Gasteiger partial charge in [0.05, 0.1) is 5.41 Å². The van der Waals surface area contributed by atoms with Gasteiger partial charge >= 0.3 is 5.97 Å². The Morgan fingerprint density at radius 1 is 1.14 bits per heavy atom. The van der Waals surface area contributed by atoms with E-state index in [1.807, 2.05) is 0 Å². The summed E-state index contributed by atoms with van der Waals surface area (Å²) in [7, 11) is 0. The first-order valence-corrected chi connectivity index (χ1v) is 16.1. The third-order valence-corrected chi connectivity index (χ3v) is 11.4. The zero-order chi connectivity index (χ0) is 30.4. The molecule has 4 aliphatic carbocycles. The quantitative estimate of drug-likeness (QED) is 0.200. The molecule has 0 bridgehead atoms.